The van der Waals surface area contributed by atoms with E-state index in [1.165, 1.54) is 12.1 Å². The van der Waals surface area contributed by atoms with Crippen LogP contribution in [-0.2, 0) is 6.18 Å². The summed E-state index contributed by atoms with van der Waals surface area (Å²) < 4.78 is 38.6. The molecule has 102 valence electrons. The Morgan fingerprint density at radius 2 is 1.55 bits per heavy atom. The first kappa shape index (κ1) is 13.8. The van der Waals surface area contributed by atoms with Crippen molar-refractivity contribution in [1.82, 2.24) is 0 Å². The van der Waals surface area contributed by atoms with Crippen molar-refractivity contribution in [3.05, 3.63) is 59.2 Å². The maximum atomic E-state index is 12.9. The molecule has 0 saturated carbocycles. The zero-order valence-corrected chi connectivity index (χ0v) is 10.3. The van der Waals surface area contributed by atoms with Crippen LogP contribution in [0.5, 0.6) is 0 Å². The summed E-state index contributed by atoms with van der Waals surface area (Å²) in [5, 5.41) is 0. The van der Waals surface area contributed by atoms with E-state index in [1.54, 1.807) is 24.3 Å². The summed E-state index contributed by atoms with van der Waals surface area (Å²) in [5.74, 6) is 5.17. The fourth-order valence-corrected chi connectivity index (χ4v) is 1.66. The SMILES string of the molecule is Nc1cccc(C#Cc2ccc(N)cc2C(F)(F)F)c1. The highest BCUT2D eigenvalue weighted by molar-refractivity contribution is 5.55. The minimum absolute atomic E-state index is 0.0480. The van der Waals surface area contributed by atoms with Crippen molar-refractivity contribution < 1.29 is 13.2 Å². The van der Waals surface area contributed by atoms with Crippen molar-refractivity contribution in [2.24, 2.45) is 0 Å². The van der Waals surface area contributed by atoms with Gasteiger partial charge < -0.3 is 11.5 Å². The number of nitrogen functional groups attached to an aromatic ring is 2. The molecule has 0 aliphatic rings. The summed E-state index contributed by atoms with van der Waals surface area (Å²) in [5.41, 5.74) is 11.1. The van der Waals surface area contributed by atoms with Gasteiger partial charge in [0.2, 0.25) is 0 Å². The van der Waals surface area contributed by atoms with Crippen molar-refractivity contribution in [2.45, 2.75) is 6.18 Å². The molecular formula is C15H11F3N2. The molecule has 0 amide bonds. The van der Waals surface area contributed by atoms with Gasteiger partial charge in [0.25, 0.3) is 0 Å². The lowest BCUT2D eigenvalue weighted by molar-refractivity contribution is -0.137. The number of hydrogen-bond donors (Lipinski definition) is 2. The molecule has 0 spiro atoms. The van der Waals surface area contributed by atoms with Gasteiger partial charge in [0.1, 0.15) is 0 Å². The summed E-state index contributed by atoms with van der Waals surface area (Å²) in [6.07, 6.45) is -4.49. The Balaban J connectivity index is 2.45. The van der Waals surface area contributed by atoms with Crippen LogP contribution in [0.4, 0.5) is 24.5 Å². The van der Waals surface area contributed by atoms with Crippen LogP contribution in [0.2, 0.25) is 0 Å². The van der Waals surface area contributed by atoms with E-state index in [4.69, 9.17) is 11.5 Å². The average molecular weight is 276 g/mol. The fraction of sp³-hybridized carbons (Fsp3) is 0.0667. The number of rotatable bonds is 0. The largest absolute Gasteiger partial charge is 0.417 e. The molecule has 0 atom stereocenters. The smallest absolute Gasteiger partial charge is 0.399 e. The topological polar surface area (TPSA) is 52.0 Å². The maximum absolute atomic E-state index is 12.9. The van der Waals surface area contributed by atoms with Crippen LogP contribution >= 0.6 is 0 Å². The predicted octanol–water partition coefficient (Wildman–Crippen LogP) is 3.27. The number of hydrogen-bond acceptors (Lipinski definition) is 2. The molecule has 0 heterocycles. The normalized spacial score (nSPS) is 10.8. The molecular weight excluding hydrogens is 265 g/mol. The highest BCUT2D eigenvalue weighted by Crippen LogP contribution is 2.32. The van der Waals surface area contributed by atoms with Crippen molar-refractivity contribution >= 4 is 11.4 Å². The lowest BCUT2D eigenvalue weighted by Gasteiger charge is -2.09. The van der Waals surface area contributed by atoms with Crippen LogP contribution in [0, 0.1) is 11.8 Å². The minimum Gasteiger partial charge on any atom is -0.399 e. The molecule has 2 nitrogen and oxygen atoms in total. The first-order valence-electron chi connectivity index (χ1n) is 5.70. The average Bonchev–Trinajstić information content (AvgIpc) is 2.36. The second kappa shape index (κ2) is 5.17. The van der Waals surface area contributed by atoms with E-state index in [2.05, 4.69) is 11.8 Å². The Kier molecular flexibility index (Phi) is 3.57. The molecule has 0 saturated heterocycles. The van der Waals surface area contributed by atoms with Crippen LogP contribution in [0.3, 0.4) is 0 Å². The van der Waals surface area contributed by atoms with Gasteiger partial charge in [0, 0.05) is 22.5 Å². The molecule has 20 heavy (non-hydrogen) atoms. The zero-order chi connectivity index (χ0) is 14.8. The number of halogens is 3. The van der Waals surface area contributed by atoms with E-state index in [0.717, 1.165) is 6.07 Å². The molecule has 0 aliphatic carbocycles. The van der Waals surface area contributed by atoms with Crippen LogP contribution < -0.4 is 11.5 Å². The standard InChI is InChI=1S/C15H11F3N2/c16-15(17,18)14-9-13(20)7-6-11(14)5-4-10-2-1-3-12(19)8-10/h1-3,6-9H,19-20H2. The van der Waals surface area contributed by atoms with Crippen LogP contribution in [0.25, 0.3) is 0 Å². The number of nitrogens with two attached hydrogens (primary N) is 2. The minimum atomic E-state index is -4.49. The monoisotopic (exact) mass is 276 g/mol. The summed E-state index contributed by atoms with van der Waals surface area (Å²) in [6.45, 7) is 0. The molecule has 4 N–H and O–H groups in total. The van der Waals surface area contributed by atoms with Crippen LogP contribution in [0.15, 0.2) is 42.5 Å². The molecule has 0 radical (unpaired) electrons. The van der Waals surface area contributed by atoms with Crippen molar-refractivity contribution in [1.29, 1.82) is 0 Å². The highest BCUT2D eigenvalue weighted by Gasteiger charge is 2.33. The van der Waals surface area contributed by atoms with Gasteiger partial charge in [-0.05, 0) is 36.4 Å². The van der Waals surface area contributed by atoms with Crippen molar-refractivity contribution in [2.75, 3.05) is 11.5 Å². The second-order valence-corrected chi connectivity index (χ2v) is 4.18. The molecule has 0 fully saturated rings. The third kappa shape index (κ3) is 3.23. The Labute approximate surface area is 114 Å². The Bertz CT molecular complexity index is 694. The van der Waals surface area contributed by atoms with Gasteiger partial charge in [-0.25, -0.2) is 0 Å². The van der Waals surface area contributed by atoms with Crippen LogP contribution in [-0.4, -0.2) is 0 Å². The van der Waals surface area contributed by atoms with Gasteiger partial charge in [-0.15, -0.1) is 0 Å². The van der Waals surface area contributed by atoms with Gasteiger partial charge in [-0.1, -0.05) is 17.9 Å². The van der Waals surface area contributed by atoms with Gasteiger partial charge in [-0.2, -0.15) is 13.2 Å². The number of alkyl halides is 3. The molecule has 0 unspecified atom stereocenters. The van der Waals surface area contributed by atoms with E-state index in [-0.39, 0.29) is 11.3 Å². The van der Waals surface area contributed by atoms with E-state index in [1.807, 2.05) is 0 Å². The Hall–Kier alpha value is -2.61. The molecule has 0 aliphatic heterocycles. The van der Waals surface area contributed by atoms with Crippen molar-refractivity contribution in [3.63, 3.8) is 0 Å². The van der Waals surface area contributed by atoms with Gasteiger partial charge in [0.15, 0.2) is 0 Å². The summed E-state index contributed by atoms with van der Waals surface area (Å²) in [7, 11) is 0. The van der Waals surface area contributed by atoms with Crippen LogP contribution in [0.1, 0.15) is 16.7 Å². The molecule has 2 rings (SSSR count). The van der Waals surface area contributed by atoms with Gasteiger partial charge >= 0.3 is 6.18 Å². The third-order valence-corrected chi connectivity index (χ3v) is 2.58. The summed E-state index contributed by atoms with van der Waals surface area (Å²) in [6, 6.07) is 10.2. The van der Waals surface area contributed by atoms with Gasteiger partial charge in [0.05, 0.1) is 5.56 Å². The Morgan fingerprint density at radius 3 is 2.20 bits per heavy atom. The molecule has 5 heteroatoms. The summed E-state index contributed by atoms with van der Waals surface area (Å²) in [4.78, 5) is 0. The maximum Gasteiger partial charge on any atom is 0.417 e. The quantitative estimate of drug-likeness (QED) is 0.573. The third-order valence-electron chi connectivity index (χ3n) is 2.58. The fourth-order valence-electron chi connectivity index (χ4n) is 1.66. The van der Waals surface area contributed by atoms with E-state index < -0.39 is 11.7 Å². The van der Waals surface area contributed by atoms with Gasteiger partial charge in [-0.3, -0.25) is 0 Å². The van der Waals surface area contributed by atoms with E-state index in [9.17, 15) is 13.2 Å². The summed E-state index contributed by atoms with van der Waals surface area (Å²) >= 11 is 0. The lowest BCUT2D eigenvalue weighted by Crippen LogP contribution is -2.08. The first-order valence-corrected chi connectivity index (χ1v) is 5.70. The number of anilines is 2. The predicted molar refractivity (Wildman–Crippen MR) is 72.7 cm³/mol. The molecule has 0 aromatic heterocycles. The van der Waals surface area contributed by atoms with E-state index >= 15 is 0 Å². The Morgan fingerprint density at radius 1 is 0.850 bits per heavy atom. The highest BCUT2D eigenvalue weighted by atomic mass is 19.4. The van der Waals surface area contributed by atoms with Crippen molar-refractivity contribution in [3.8, 4) is 11.8 Å². The first-order chi connectivity index (χ1) is 9.36. The number of benzene rings is 2. The lowest BCUT2D eigenvalue weighted by atomic mass is 10.1. The zero-order valence-electron chi connectivity index (χ0n) is 10.3. The second-order valence-electron chi connectivity index (χ2n) is 4.18. The molecule has 2 aromatic carbocycles. The molecule has 2 aromatic rings. The molecule has 0 bridgehead atoms. The van der Waals surface area contributed by atoms with E-state index in [0.29, 0.717) is 11.3 Å².